The molecule has 0 saturated heterocycles. The minimum absolute atomic E-state index is 0.488. The smallest absolute Gasteiger partial charge is 0.0420 e. The highest BCUT2D eigenvalue weighted by atomic mass is 14.9. The summed E-state index contributed by atoms with van der Waals surface area (Å²) in [6.07, 6.45) is 10.2. The van der Waals surface area contributed by atoms with Gasteiger partial charge in [-0.1, -0.05) is 31.7 Å². The van der Waals surface area contributed by atoms with Crippen LogP contribution in [-0.4, -0.2) is 12.0 Å². The van der Waals surface area contributed by atoms with Crippen molar-refractivity contribution < 1.29 is 0 Å². The summed E-state index contributed by atoms with van der Waals surface area (Å²) in [5.74, 6) is 0.783. The van der Waals surface area contributed by atoms with Crippen LogP contribution in [0.25, 0.3) is 0 Å². The van der Waals surface area contributed by atoms with E-state index in [9.17, 15) is 0 Å². The molecule has 1 unspecified atom stereocenters. The van der Waals surface area contributed by atoms with Crippen molar-refractivity contribution in [2.75, 3.05) is 7.05 Å². The molecule has 1 aliphatic rings. The van der Waals surface area contributed by atoms with Crippen molar-refractivity contribution in [2.45, 2.75) is 51.5 Å². The Kier molecular flexibility index (Phi) is 4.55. The summed E-state index contributed by atoms with van der Waals surface area (Å²) in [5, 5.41) is 3.52. The van der Waals surface area contributed by atoms with Crippen molar-refractivity contribution in [2.24, 2.45) is 5.92 Å². The Bertz CT molecular complexity index is 341. The highest BCUT2D eigenvalue weighted by Gasteiger charge is 2.24. The molecule has 1 atom stereocenters. The predicted octanol–water partition coefficient (Wildman–Crippen LogP) is 3.62. The molecular formula is C15H24N2. The van der Waals surface area contributed by atoms with E-state index in [1.807, 2.05) is 6.20 Å². The van der Waals surface area contributed by atoms with Gasteiger partial charge in [-0.25, -0.2) is 0 Å². The van der Waals surface area contributed by atoms with Crippen molar-refractivity contribution >= 4 is 0 Å². The van der Waals surface area contributed by atoms with Crippen molar-refractivity contribution in [1.82, 2.24) is 10.3 Å². The van der Waals surface area contributed by atoms with Gasteiger partial charge in [0.1, 0.15) is 0 Å². The van der Waals surface area contributed by atoms with Crippen LogP contribution >= 0.6 is 0 Å². The van der Waals surface area contributed by atoms with Crippen molar-refractivity contribution in [3.63, 3.8) is 0 Å². The summed E-state index contributed by atoms with van der Waals surface area (Å²) in [4.78, 5) is 4.43. The van der Waals surface area contributed by atoms with Gasteiger partial charge in [0.05, 0.1) is 0 Å². The van der Waals surface area contributed by atoms with Gasteiger partial charge in [-0.2, -0.15) is 0 Å². The molecule has 0 bridgehead atoms. The van der Waals surface area contributed by atoms with E-state index in [1.54, 1.807) is 0 Å². The Labute approximate surface area is 105 Å². The molecule has 1 N–H and O–H groups in total. The van der Waals surface area contributed by atoms with Gasteiger partial charge in [0.2, 0.25) is 0 Å². The number of nitrogens with zero attached hydrogens (tertiary/aromatic N) is 1. The number of aryl methyl sites for hydroxylation is 1. The third-order valence-electron chi connectivity index (χ3n) is 4.07. The van der Waals surface area contributed by atoms with Crippen LogP contribution in [0.3, 0.4) is 0 Å². The second-order valence-corrected chi connectivity index (χ2v) is 5.20. The Hall–Kier alpha value is -0.890. The maximum atomic E-state index is 4.43. The molecule has 1 aliphatic carbocycles. The van der Waals surface area contributed by atoms with Crippen LogP contribution in [0.1, 0.15) is 55.8 Å². The topological polar surface area (TPSA) is 24.9 Å². The number of rotatable bonds is 3. The zero-order valence-corrected chi connectivity index (χ0v) is 11.1. The third kappa shape index (κ3) is 3.06. The van der Waals surface area contributed by atoms with Gasteiger partial charge in [0, 0.05) is 17.9 Å². The first kappa shape index (κ1) is 12.6. The molecule has 1 fully saturated rings. The van der Waals surface area contributed by atoms with E-state index in [0.717, 1.165) is 5.92 Å². The molecule has 94 valence electrons. The van der Waals surface area contributed by atoms with Crippen LogP contribution in [0, 0.1) is 12.8 Å². The monoisotopic (exact) mass is 232 g/mol. The first-order valence-corrected chi connectivity index (χ1v) is 6.91. The molecule has 1 heterocycles. The lowest BCUT2D eigenvalue weighted by atomic mass is 9.87. The van der Waals surface area contributed by atoms with Gasteiger partial charge >= 0.3 is 0 Å². The maximum Gasteiger partial charge on any atom is 0.0420 e. The van der Waals surface area contributed by atoms with Gasteiger partial charge in [0.25, 0.3) is 0 Å². The van der Waals surface area contributed by atoms with Crippen molar-refractivity contribution in [3.05, 3.63) is 29.6 Å². The number of aromatic nitrogens is 1. The van der Waals surface area contributed by atoms with Crippen LogP contribution in [0.5, 0.6) is 0 Å². The Balaban J connectivity index is 2.17. The second kappa shape index (κ2) is 6.15. The minimum atomic E-state index is 0.488. The minimum Gasteiger partial charge on any atom is -0.313 e. The predicted molar refractivity (Wildman–Crippen MR) is 72.0 cm³/mol. The van der Waals surface area contributed by atoms with Crippen molar-refractivity contribution in [3.8, 4) is 0 Å². The lowest BCUT2D eigenvalue weighted by molar-refractivity contribution is 0.340. The van der Waals surface area contributed by atoms with Gasteiger partial charge < -0.3 is 5.32 Å². The number of hydrogen-bond acceptors (Lipinski definition) is 2. The third-order valence-corrected chi connectivity index (χ3v) is 4.07. The molecule has 1 aromatic heterocycles. The molecule has 0 aromatic carbocycles. The molecule has 0 aliphatic heterocycles. The molecular weight excluding hydrogens is 208 g/mol. The number of pyridine rings is 1. The van der Waals surface area contributed by atoms with Crippen LogP contribution in [0.4, 0.5) is 0 Å². The standard InChI is InChI=1S/C15H24N2/c1-12-14(10-7-11-17-12)15(16-2)13-8-5-3-4-6-9-13/h7,10-11,13,15-16H,3-6,8-9H2,1-2H3. The summed E-state index contributed by atoms with van der Waals surface area (Å²) >= 11 is 0. The molecule has 1 aromatic rings. The van der Waals surface area contributed by atoms with E-state index in [2.05, 4.69) is 36.4 Å². The van der Waals surface area contributed by atoms with E-state index >= 15 is 0 Å². The fraction of sp³-hybridized carbons (Fsp3) is 0.667. The fourth-order valence-electron chi connectivity index (χ4n) is 3.11. The molecule has 0 spiro atoms. The molecule has 2 rings (SSSR count). The van der Waals surface area contributed by atoms with E-state index in [-0.39, 0.29) is 0 Å². The molecule has 17 heavy (non-hydrogen) atoms. The molecule has 0 amide bonds. The molecule has 2 nitrogen and oxygen atoms in total. The zero-order valence-electron chi connectivity index (χ0n) is 11.1. The van der Waals surface area contributed by atoms with Crippen LogP contribution in [0.2, 0.25) is 0 Å². The van der Waals surface area contributed by atoms with Crippen LogP contribution in [0.15, 0.2) is 18.3 Å². The Morgan fingerprint density at radius 1 is 1.24 bits per heavy atom. The van der Waals surface area contributed by atoms with Gasteiger partial charge in [-0.15, -0.1) is 0 Å². The molecule has 2 heteroatoms. The van der Waals surface area contributed by atoms with Crippen molar-refractivity contribution in [1.29, 1.82) is 0 Å². The normalized spacial score (nSPS) is 19.9. The zero-order chi connectivity index (χ0) is 12.1. The SMILES string of the molecule is CNC(c1cccnc1C)C1CCCCCC1. The number of hydrogen-bond donors (Lipinski definition) is 1. The summed E-state index contributed by atoms with van der Waals surface area (Å²) in [6, 6.07) is 4.78. The van der Waals surface area contributed by atoms with Gasteiger partial charge in [-0.05, 0) is 44.4 Å². The van der Waals surface area contributed by atoms with E-state index < -0.39 is 0 Å². The Morgan fingerprint density at radius 2 is 1.94 bits per heavy atom. The Morgan fingerprint density at radius 3 is 2.53 bits per heavy atom. The fourth-order valence-corrected chi connectivity index (χ4v) is 3.11. The first-order chi connectivity index (χ1) is 8.33. The first-order valence-electron chi connectivity index (χ1n) is 6.91. The van der Waals surface area contributed by atoms with Crippen LogP contribution < -0.4 is 5.32 Å². The highest BCUT2D eigenvalue weighted by Crippen LogP contribution is 2.33. The average molecular weight is 232 g/mol. The summed E-state index contributed by atoms with van der Waals surface area (Å²) in [5.41, 5.74) is 2.57. The summed E-state index contributed by atoms with van der Waals surface area (Å²) in [7, 11) is 2.09. The lowest BCUT2D eigenvalue weighted by Crippen LogP contribution is -2.26. The molecule has 0 radical (unpaired) electrons. The quantitative estimate of drug-likeness (QED) is 0.805. The van der Waals surface area contributed by atoms with Gasteiger partial charge in [-0.3, -0.25) is 4.98 Å². The average Bonchev–Trinajstić information content (AvgIpc) is 2.62. The van der Waals surface area contributed by atoms with E-state index in [4.69, 9.17) is 0 Å². The number of nitrogens with one attached hydrogen (secondary N) is 1. The lowest BCUT2D eigenvalue weighted by Gasteiger charge is -2.27. The maximum absolute atomic E-state index is 4.43. The second-order valence-electron chi connectivity index (χ2n) is 5.20. The van der Waals surface area contributed by atoms with Crippen LogP contribution in [-0.2, 0) is 0 Å². The molecule has 1 saturated carbocycles. The summed E-state index contributed by atoms with van der Waals surface area (Å²) in [6.45, 7) is 2.12. The van der Waals surface area contributed by atoms with E-state index in [1.165, 1.54) is 49.8 Å². The largest absolute Gasteiger partial charge is 0.313 e. The highest BCUT2D eigenvalue weighted by molar-refractivity contribution is 5.23. The van der Waals surface area contributed by atoms with Gasteiger partial charge in [0.15, 0.2) is 0 Å². The summed E-state index contributed by atoms with van der Waals surface area (Å²) < 4.78 is 0. The van der Waals surface area contributed by atoms with E-state index in [0.29, 0.717) is 6.04 Å².